The summed E-state index contributed by atoms with van der Waals surface area (Å²) in [5.74, 6) is 0.641. The van der Waals surface area contributed by atoms with Crippen molar-refractivity contribution in [2.24, 2.45) is 0 Å². The van der Waals surface area contributed by atoms with E-state index >= 15 is 0 Å². The Bertz CT molecular complexity index is 1110. The second-order valence-electron chi connectivity index (χ2n) is 7.46. The Morgan fingerprint density at radius 1 is 0.967 bits per heavy atom. The van der Waals surface area contributed by atoms with Crippen molar-refractivity contribution in [1.29, 1.82) is 0 Å². The van der Waals surface area contributed by atoms with Crippen LogP contribution in [0.4, 0.5) is 5.13 Å². The van der Waals surface area contributed by atoms with E-state index in [1.807, 2.05) is 0 Å². The monoisotopic (exact) mass is 443 g/mol. The molecule has 0 radical (unpaired) electrons. The Balaban J connectivity index is 1.45. The summed E-state index contributed by atoms with van der Waals surface area (Å²) in [7, 11) is -1.94. The number of thiazole rings is 1. The van der Waals surface area contributed by atoms with Gasteiger partial charge < -0.3 is 9.64 Å². The zero-order valence-electron chi connectivity index (χ0n) is 17.3. The van der Waals surface area contributed by atoms with Gasteiger partial charge in [0.2, 0.25) is 10.0 Å². The van der Waals surface area contributed by atoms with Crippen LogP contribution in [-0.2, 0) is 10.0 Å². The van der Waals surface area contributed by atoms with Crippen LogP contribution in [0.1, 0.15) is 11.1 Å². The maximum Gasteiger partial charge on any atom is 0.243 e. The molecule has 0 aliphatic carbocycles. The molecule has 1 aliphatic rings. The van der Waals surface area contributed by atoms with Crippen molar-refractivity contribution in [3.05, 3.63) is 59.0 Å². The topological polar surface area (TPSA) is 62.7 Å². The Labute approximate surface area is 181 Å². The summed E-state index contributed by atoms with van der Waals surface area (Å²) >= 11 is 1.60. The third-order valence-corrected chi connectivity index (χ3v) is 8.03. The molecule has 30 heavy (non-hydrogen) atoms. The summed E-state index contributed by atoms with van der Waals surface area (Å²) in [6, 6.07) is 13.0. The van der Waals surface area contributed by atoms with Crippen molar-refractivity contribution in [1.82, 2.24) is 9.29 Å². The summed E-state index contributed by atoms with van der Waals surface area (Å²) in [6.45, 7) is 6.29. The number of aromatic nitrogens is 1. The molecule has 8 heteroatoms. The highest BCUT2D eigenvalue weighted by molar-refractivity contribution is 7.89. The third-order valence-electron chi connectivity index (χ3n) is 5.22. The highest BCUT2D eigenvalue weighted by atomic mass is 32.2. The van der Waals surface area contributed by atoms with Crippen LogP contribution in [0.2, 0.25) is 0 Å². The van der Waals surface area contributed by atoms with Gasteiger partial charge in [0, 0.05) is 37.1 Å². The van der Waals surface area contributed by atoms with Gasteiger partial charge in [0.05, 0.1) is 17.7 Å². The first kappa shape index (κ1) is 20.8. The molecule has 0 spiro atoms. The standard InChI is InChI=1S/C22H25N3O3S2/c1-16-12-17(2)14-18(13-16)21-15-29-22(23-21)24-8-10-25(11-9-24)30(26,27)20-6-4-19(28-3)5-7-20/h4-7,12-15H,8-11H2,1-3H3. The summed E-state index contributed by atoms with van der Waals surface area (Å²) in [4.78, 5) is 7.27. The molecule has 1 aromatic heterocycles. The number of hydrogen-bond acceptors (Lipinski definition) is 6. The van der Waals surface area contributed by atoms with Crippen LogP contribution in [-0.4, -0.2) is 51.0 Å². The van der Waals surface area contributed by atoms with Crippen molar-refractivity contribution >= 4 is 26.5 Å². The number of rotatable bonds is 5. The van der Waals surface area contributed by atoms with Gasteiger partial charge in [-0.25, -0.2) is 13.4 Å². The highest BCUT2D eigenvalue weighted by Crippen LogP contribution is 2.30. The quantitative estimate of drug-likeness (QED) is 0.598. The normalized spacial score (nSPS) is 15.4. The van der Waals surface area contributed by atoms with Crippen LogP contribution in [0.15, 0.2) is 52.7 Å². The predicted octanol–water partition coefficient (Wildman–Crippen LogP) is 3.95. The SMILES string of the molecule is COc1ccc(S(=O)(=O)N2CCN(c3nc(-c4cc(C)cc(C)c4)cs3)CC2)cc1. The van der Waals surface area contributed by atoms with E-state index in [1.54, 1.807) is 47.0 Å². The molecule has 2 aromatic carbocycles. The van der Waals surface area contributed by atoms with Gasteiger partial charge in [-0.1, -0.05) is 17.2 Å². The molecule has 0 bridgehead atoms. The number of aryl methyl sites for hydroxylation is 2. The lowest BCUT2D eigenvalue weighted by atomic mass is 10.1. The number of piperazine rings is 1. The van der Waals surface area contributed by atoms with Gasteiger partial charge in [-0.05, 0) is 50.2 Å². The molecular weight excluding hydrogens is 418 g/mol. The zero-order chi connectivity index (χ0) is 21.3. The Hall–Kier alpha value is -2.42. The van der Waals surface area contributed by atoms with Crippen LogP contribution in [0.5, 0.6) is 5.75 Å². The van der Waals surface area contributed by atoms with E-state index in [-0.39, 0.29) is 0 Å². The second kappa shape index (κ2) is 8.37. The minimum Gasteiger partial charge on any atom is -0.497 e. The third kappa shape index (κ3) is 4.21. The largest absolute Gasteiger partial charge is 0.497 e. The number of ether oxygens (including phenoxy) is 1. The lowest BCUT2D eigenvalue weighted by Gasteiger charge is -2.33. The molecule has 3 aromatic rings. The molecule has 0 atom stereocenters. The van der Waals surface area contributed by atoms with Crippen molar-refractivity contribution in [2.75, 3.05) is 38.2 Å². The van der Waals surface area contributed by atoms with Gasteiger partial charge in [-0.3, -0.25) is 0 Å². The number of hydrogen-bond donors (Lipinski definition) is 0. The molecule has 0 saturated carbocycles. The van der Waals surface area contributed by atoms with Crippen molar-refractivity contribution in [2.45, 2.75) is 18.7 Å². The van der Waals surface area contributed by atoms with Crippen LogP contribution in [0.25, 0.3) is 11.3 Å². The molecule has 1 saturated heterocycles. The van der Waals surface area contributed by atoms with Crippen molar-refractivity contribution < 1.29 is 13.2 Å². The second-order valence-corrected chi connectivity index (χ2v) is 10.2. The molecule has 1 aliphatic heterocycles. The van der Waals surface area contributed by atoms with Gasteiger partial charge >= 0.3 is 0 Å². The Kier molecular flexibility index (Phi) is 5.81. The van der Waals surface area contributed by atoms with E-state index in [0.717, 1.165) is 16.4 Å². The first-order valence-electron chi connectivity index (χ1n) is 9.80. The van der Waals surface area contributed by atoms with E-state index in [1.165, 1.54) is 11.1 Å². The summed E-state index contributed by atoms with van der Waals surface area (Å²) in [6.07, 6.45) is 0. The first-order valence-corrected chi connectivity index (χ1v) is 12.1. The van der Waals surface area contributed by atoms with Gasteiger partial charge in [0.15, 0.2) is 5.13 Å². The lowest BCUT2D eigenvalue weighted by molar-refractivity contribution is 0.384. The average molecular weight is 444 g/mol. The van der Waals surface area contributed by atoms with Crippen molar-refractivity contribution in [3.8, 4) is 17.0 Å². The molecule has 6 nitrogen and oxygen atoms in total. The van der Waals surface area contributed by atoms with Gasteiger partial charge in [-0.2, -0.15) is 4.31 Å². The molecule has 0 N–H and O–H groups in total. The van der Waals surface area contributed by atoms with Crippen LogP contribution in [0.3, 0.4) is 0 Å². The van der Waals surface area contributed by atoms with E-state index < -0.39 is 10.0 Å². The number of anilines is 1. The summed E-state index contributed by atoms with van der Waals surface area (Å²) < 4.78 is 32.5. The molecule has 4 rings (SSSR count). The van der Waals surface area contributed by atoms with E-state index in [2.05, 4.69) is 42.3 Å². The highest BCUT2D eigenvalue weighted by Gasteiger charge is 2.29. The average Bonchev–Trinajstić information content (AvgIpc) is 3.23. The predicted molar refractivity (Wildman–Crippen MR) is 121 cm³/mol. The fraction of sp³-hybridized carbons (Fsp3) is 0.318. The van der Waals surface area contributed by atoms with E-state index in [9.17, 15) is 8.42 Å². The molecule has 1 fully saturated rings. The molecular formula is C22H25N3O3S2. The maximum atomic E-state index is 12.9. The lowest BCUT2D eigenvalue weighted by Crippen LogP contribution is -2.48. The van der Waals surface area contributed by atoms with E-state index in [0.29, 0.717) is 36.8 Å². The minimum atomic E-state index is -3.51. The zero-order valence-corrected chi connectivity index (χ0v) is 19.0. The number of nitrogens with zero attached hydrogens (tertiary/aromatic N) is 3. The Morgan fingerprint density at radius 2 is 1.60 bits per heavy atom. The van der Waals surface area contributed by atoms with Gasteiger partial charge in [0.25, 0.3) is 0 Å². The number of benzene rings is 2. The van der Waals surface area contributed by atoms with Gasteiger partial charge in [-0.15, -0.1) is 11.3 Å². The maximum absolute atomic E-state index is 12.9. The van der Waals surface area contributed by atoms with Crippen LogP contribution >= 0.6 is 11.3 Å². The smallest absolute Gasteiger partial charge is 0.243 e. The summed E-state index contributed by atoms with van der Waals surface area (Å²) in [5, 5.41) is 3.01. The fourth-order valence-corrected chi connectivity index (χ4v) is 5.99. The molecule has 0 amide bonds. The van der Waals surface area contributed by atoms with E-state index in [4.69, 9.17) is 9.72 Å². The fourth-order valence-electron chi connectivity index (χ4n) is 3.68. The summed E-state index contributed by atoms with van der Waals surface area (Å²) in [5.41, 5.74) is 4.53. The minimum absolute atomic E-state index is 0.295. The van der Waals surface area contributed by atoms with Crippen LogP contribution < -0.4 is 9.64 Å². The number of methoxy groups -OCH3 is 1. The van der Waals surface area contributed by atoms with Gasteiger partial charge in [0.1, 0.15) is 5.75 Å². The molecule has 2 heterocycles. The van der Waals surface area contributed by atoms with Crippen LogP contribution in [0, 0.1) is 13.8 Å². The molecule has 0 unspecified atom stereocenters. The number of sulfonamides is 1. The Morgan fingerprint density at radius 3 is 2.20 bits per heavy atom. The molecule has 158 valence electrons. The van der Waals surface area contributed by atoms with Crippen molar-refractivity contribution in [3.63, 3.8) is 0 Å². The first-order chi connectivity index (χ1) is 14.4.